The Balaban J connectivity index is 1.44. The Labute approximate surface area is 205 Å². The van der Waals surface area contributed by atoms with E-state index in [1.165, 1.54) is 39.8 Å². The first-order valence-corrected chi connectivity index (χ1v) is 12.3. The van der Waals surface area contributed by atoms with E-state index in [9.17, 15) is 17.4 Å². The molecule has 0 aliphatic heterocycles. The zero-order chi connectivity index (χ0) is 24.6. The molecule has 3 nitrogen and oxygen atoms in total. The standard InChI is InChI=1S/C29H15F3O3S/c30-29(31,32)36(33)35-26-10-4-9-25-28(26)23-15-16(11-14-24(23)34-25)17-12-13-22-19-6-2-1-5-18(19)21-8-3-7-20(17)27(21)22/h1-15H. The Morgan fingerprint density at radius 2 is 1.33 bits per heavy atom. The molecule has 1 aliphatic rings. The fourth-order valence-electron chi connectivity index (χ4n) is 5.22. The molecular formula is C29H15F3O3S. The molecule has 7 heteroatoms. The molecule has 0 amide bonds. The van der Waals surface area contributed by atoms with Crippen molar-refractivity contribution in [2.24, 2.45) is 0 Å². The third-order valence-electron chi connectivity index (χ3n) is 6.67. The number of hydrogen-bond acceptors (Lipinski definition) is 3. The summed E-state index contributed by atoms with van der Waals surface area (Å²) in [7, 11) is 0. The van der Waals surface area contributed by atoms with Gasteiger partial charge in [-0.15, -0.1) is 0 Å². The highest BCUT2D eigenvalue weighted by Crippen LogP contribution is 2.49. The first kappa shape index (κ1) is 21.2. The normalized spacial score (nSPS) is 13.4. The molecule has 0 spiro atoms. The van der Waals surface area contributed by atoms with E-state index in [-0.39, 0.29) is 5.75 Å². The monoisotopic (exact) mass is 500 g/mol. The number of furan rings is 1. The molecular weight excluding hydrogens is 485 g/mol. The van der Waals surface area contributed by atoms with E-state index in [2.05, 4.69) is 36.4 Å². The second kappa shape index (κ2) is 7.45. The first-order chi connectivity index (χ1) is 17.4. The Kier molecular flexibility index (Phi) is 4.39. The summed E-state index contributed by atoms with van der Waals surface area (Å²) in [5, 5.41) is 3.20. The maximum absolute atomic E-state index is 12.9. The number of benzene rings is 5. The topological polar surface area (TPSA) is 39.4 Å². The van der Waals surface area contributed by atoms with Crippen LogP contribution in [0.1, 0.15) is 0 Å². The number of fused-ring (bicyclic) bond motifs is 6. The van der Waals surface area contributed by atoms with Crippen molar-refractivity contribution >= 4 is 43.8 Å². The predicted octanol–water partition coefficient (Wildman–Crippen LogP) is 8.62. The van der Waals surface area contributed by atoms with Crippen LogP contribution in [0.25, 0.3) is 66.1 Å². The molecule has 1 aliphatic carbocycles. The Morgan fingerprint density at radius 3 is 2.11 bits per heavy atom. The fraction of sp³-hybridized carbons (Fsp3) is 0.0345. The van der Waals surface area contributed by atoms with Gasteiger partial charge >= 0.3 is 16.6 Å². The van der Waals surface area contributed by atoms with Crippen molar-refractivity contribution in [1.29, 1.82) is 0 Å². The third kappa shape index (κ3) is 3.02. The maximum Gasteiger partial charge on any atom is 0.508 e. The van der Waals surface area contributed by atoms with E-state index in [1.54, 1.807) is 12.1 Å². The molecule has 1 unspecified atom stereocenters. The lowest BCUT2D eigenvalue weighted by molar-refractivity contribution is -0.0437. The predicted molar refractivity (Wildman–Crippen MR) is 136 cm³/mol. The van der Waals surface area contributed by atoms with E-state index in [1.807, 2.05) is 30.3 Å². The summed E-state index contributed by atoms with van der Waals surface area (Å²) in [6, 6.07) is 28.9. The summed E-state index contributed by atoms with van der Waals surface area (Å²) in [5.41, 5.74) is 2.51. The van der Waals surface area contributed by atoms with Gasteiger partial charge in [0.15, 0.2) is 5.75 Å². The van der Waals surface area contributed by atoms with Gasteiger partial charge in [-0.25, -0.2) is 4.21 Å². The van der Waals surface area contributed by atoms with Gasteiger partial charge in [0, 0.05) is 5.39 Å². The molecule has 0 fully saturated rings. The second-order valence-corrected chi connectivity index (χ2v) is 9.74. The molecule has 5 aromatic carbocycles. The average molecular weight is 500 g/mol. The smallest absolute Gasteiger partial charge is 0.456 e. The lowest BCUT2D eigenvalue weighted by Crippen LogP contribution is -2.20. The molecule has 6 aromatic rings. The van der Waals surface area contributed by atoms with E-state index >= 15 is 0 Å². The van der Waals surface area contributed by atoms with Crippen LogP contribution >= 0.6 is 0 Å². The van der Waals surface area contributed by atoms with Gasteiger partial charge in [-0.3, -0.25) is 0 Å². The molecule has 7 rings (SSSR count). The summed E-state index contributed by atoms with van der Waals surface area (Å²) in [4.78, 5) is 0. The molecule has 0 saturated heterocycles. The second-order valence-electron chi connectivity index (χ2n) is 8.64. The highest BCUT2D eigenvalue weighted by atomic mass is 32.2. The maximum atomic E-state index is 12.9. The highest BCUT2D eigenvalue weighted by molar-refractivity contribution is 7.81. The van der Waals surface area contributed by atoms with Crippen molar-refractivity contribution in [2.75, 3.05) is 0 Å². The van der Waals surface area contributed by atoms with Crippen LogP contribution in [0.3, 0.4) is 0 Å². The molecule has 1 heterocycles. The minimum Gasteiger partial charge on any atom is -0.456 e. The molecule has 36 heavy (non-hydrogen) atoms. The van der Waals surface area contributed by atoms with Gasteiger partial charge in [0.05, 0.1) is 5.39 Å². The number of rotatable bonds is 3. The van der Waals surface area contributed by atoms with Gasteiger partial charge in [-0.1, -0.05) is 66.7 Å². The average Bonchev–Trinajstić information content (AvgIpc) is 3.41. The van der Waals surface area contributed by atoms with E-state index in [0.717, 1.165) is 16.5 Å². The van der Waals surface area contributed by atoms with Crippen LogP contribution in [0, 0.1) is 0 Å². The van der Waals surface area contributed by atoms with Crippen molar-refractivity contribution in [3.8, 4) is 39.1 Å². The van der Waals surface area contributed by atoms with Crippen LogP contribution in [0.2, 0.25) is 0 Å². The summed E-state index contributed by atoms with van der Waals surface area (Å²) < 4.78 is 61.2. The largest absolute Gasteiger partial charge is 0.508 e. The van der Waals surface area contributed by atoms with E-state index < -0.39 is 16.6 Å². The summed E-state index contributed by atoms with van der Waals surface area (Å²) >= 11 is -3.49. The minimum absolute atomic E-state index is 0.144. The SMILES string of the molecule is O=S(Oc1cccc2oc3ccc(-c4ccc5c6c(cccc46)-c4ccccc4-5)cc3c12)C(F)(F)F. The summed E-state index contributed by atoms with van der Waals surface area (Å²) in [5.74, 6) is -0.144. The van der Waals surface area contributed by atoms with Crippen LogP contribution in [-0.2, 0) is 11.1 Å². The minimum atomic E-state index is -4.99. The van der Waals surface area contributed by atoms with Crippen molar-refractivity contribution in [2.45, 2.75) is 5.51 Å². The lowest BCUT2D eigenvalue weighted by Gasteiger charge is -2.10. The Hall–Kier alpha value is -4.10. The number of hydrogen-bond donors (Lipinski definition) is 0. The molecule has 176 valence electrons. The van der Waals surface area contributed by atoms with Gasteiger partial charge in [0.1, 0.15) is 11.2 Å². The van der Waals surface area contributed by atoms with Gasteiger partial charge in [0.2, 0.25) is 0 Å². The fourth-order valence-corrected chi connectivity index (χ4v) is 5.62. The van der Waals surface area contributed by atoms with Crippen molar-refractivity contribution in [1.82, 2.24) is 0 Å². The quantitative estimate of drug-likeness (QED) is 0.244. The molecule has 1 atom stereocenters. The van der Waals surface area contributed by atoms with Gasteiger partial charge in [0.25, 0.3) is 0 Å². The molecule has 0 N–H and O–H groups in total. The molecule has 1 aromatic heterocycles. The van der Waals surface area contributed by atoms with Crippen molar-refractivity contribution < 1.29 is 26.0 Å². The van der Waals surface area contributed by atoms with Crippen molar-refractivity contribution in [3.05, 3.63) is 91.0 Å². The number of alkyl halides is 3. The zero-order valence-electron chi connectivity index (χ0n) is 18.4. The van der Waals surface area contributed by atoms with Crippen molar-refractivity contribution in [3.63, 3.8) is 0 Å². The van der Waals surface area contributed by atoms with E-state index in [0.29, 0.717) is 21.9 Å². The van der Waals surface area contributed by atoms with Crippen LogP contribution < -0.4 is 4.18 Å². The van der Waals surface area contributed by atoms with E-state index in [4.69, 9.17) is 8.60 Å². The van der Waals surface area contributed by atoms with Gasteiger partial charge in [-0.2, -0.15) is 13.2 Å². The van der Waals surface area contributed by atoms with Gasteiger partial charge < -0.3 is 8.60 Å². The van der Waals surface area contributed by atoms with Crippen LogP contribution in [0.4, 0.5) is 13.2 Å². The zero-order valence-corrected chi connectivity index (χ0v) is 19.2. The number of halogens is 3. The Bertz CT molecular complexity index is 1860. The lowest BCUT2D eigenvalue weighted by atomic mass is 9.93. The highest BCUT2D eigenvalue weighted by Gasteiger charge is 2.40. The summed E-state index contributed by atoms with van der Waals surface area (Å²) in [6.45, 7) is 0. The summed E-state index contributed by atoms with van der Waals surface area (Å²) in [6.07, 6.45) is 0. The molecule has 0 bridgehead atoms. The van der Waals surface area contributed by atoms with Crippen LogP contribution in [0.15, 0.2) is 95.4 Å². The van der Waals surface area contributed by atoms with Crippen LogP contribution in [-0.4, -0.2) is 9.72 Å². The third-order valence-corrected chi connectivity index (χ3v) is 7.38. The van der Waals surface area contributed by atoms with Gasteiger partial charge in [-0.05, 0) is 68.4 Å². The first-order valence-electron chi connectivity index (χ1n) is 11.2. The Morgan fingerprint density at radius 1 is 0.639 bits per heavy atom. The molecule has 0 radical (unpaired) electrons. The molecule has 0 saturated carbocycles. The van der Waals surface area contributed by atoms with Crippen LogP contribution in [0.5, 0.6) is 5.75 Å².